The van der Waals surface area contributed by atoms with E-state index in [1.807, 2.05) is 0 Å². The minimum absolute atomic E-state index is 0.0195. The molecule has 70 heavy (non-hydrogen) atoms. The fourth-order valence-corrected chi connectivity index (χ4v) is 11.3. The first-order valence-corrected chi connectivity index (χ1v) is 27.0. The predicted molar refractivity (Wildman–Crippen MR) is 238 cm³/mol. The third kappa shape index (κ3) is 10.1. The summed E-state index contributed by atoms with van der Waals surface area (Å²) in [4.78, 5) is 69.8. The molecule has 380 valence electrons. The van der Waals surface area contributed by atoms with Crippen molar-refractivity contribution in [2.75, 3.05) is 50.2 Å². The number of fused-ring (bicyclic) bond motifs is 3. The first-order chi connectivity index (χ1) is 33.3. The summed E-state index contributed by atoms with van der Waals surface area (Å²) in [7, 11) is -4.76. The van der Waals surface area contributed by atoms with E-state index < -0.39 is 128 Å². The Morgan fingerprint density at radius 1 is 0.543 bits per heavy atom. The van der Waals surface area contributed by atoms with Crippen molar-refractivity contribution in [2.45, 2.75) is 73.6 Å². The zero-order valence-corrected chi connectivity index (χ0v) is 39.7. The second kappa shape index (κ2) is 20.1. The van der Waals surface area contributed by atoms with Gasteiger partial charge >= 0.3 is 21.3 Å². The summed E-state index contributed by atoms with van der Waals surface area (Å²) >= 11 is 10.7. The molecular weight excluding hydrogens is 1040 g/mol. The van der Waals surface area contributed by atoms with Gasteiger partial charge in [-0.25, -0.2) is 49.4 Å². The van der Waals surface area contributed by atoms with E-state index in [0.717, 1.165) is 12.7 Å². The van der Waals surface area contributed by atoms with Crippen molar-refractivity contribution in [3.8, 4) is 0 Å². The largest absolute Gasteiger partial charge is 0.472 e. The summed E-state index contributed by atoms with van der Waals surface area (Å²) in [5.41, 5.74) is 18.7. The molecule has 15 atom stereocenters. The van der Waals surface area contributed by atoms with Gasteiger partial charge in [-0.2, -0.15) is 0 Å². The molecule has 0 spiro atoms. The van der Waals surface area contributed by atoms with E-state index in [2.05, 4.69) is 49.4 Å². The molecule has 33 nitrogen and oxygen atoms in total. The minimum atomic E-state index is -4.76. The third-order valence-electron chi connectivity index (χ3n) is 11.0. The Bertz CT molecular complexity index is 3020. The number of aromatic nitrogens is 12. The highest BCUT2D eigenvalue weighted by atomic mass is 32.5. The van der Waals surface area contributed by atoms with Gasteiger partial charge in [0.05, 0.1) is 52.0 Å². The van der Waals surface area contributed by atoms with Gasteiger partial charge in [-0.15, -0.1) is 0 Å². The molecule has 3 aliphatic rings. The van der Waals surface area contributed by atoms with Crippen molar-refractivity contribution < 1.29 is 86.1 Å². The molecule has 3 saturated heterocycles. The monoisotopic (exact) mass is 1080 g/mol. The minimum Gasteiger partial charge on any atom is -0.394 e. The molecule has 3 fully saturated rings. The average molecular weight is 1080 g/mol. The van der Waals surface area contributed by atoms with Crippen molar-refractivity contribution in [1.29, 1.82) is 0 Å². The highest BCUT2D eigenvalue weighted by Gasteiger charge is 2.52. The van der Waals surface area contributed by atoms with Crippen LogP contribution in [0, 0.1) is 0 Å². The molecule has 0 aliphatic carbocycles. The van der Waals surface area contributed by atoms with E-state index in [4.69, 9.17) is 82.8 Å². The number of anilines is 3. The number of nitrogens with two attached hydrogens (primary N) is 3. The van der Waals surface area contributed by atoms with Crippen molar-refractivity contribution >= 4 is 95.8 Å². The predicted octanol–water partition coefficient (Wildman–Crippen LogP) is -3.25. The molecule has 0 radical (unpaired) electrons. The molecule has 0 amide bonds. The summed E-state index contributed by atoms with van der Waals surface area (Å²) in [6, 6.07) is 0. The van der Waals surface area contributed by atoms with E-state index in [1.165, 1.54) is 39.0 Å². The van der Waals surface area contributed by atoms with Crippen molar-refractivity contribution in [2.24, 2.45) is 0 Å². The number of ether oxygens (including phenoxy) is 3. The zero-order valence-electron chi connectivity index (χ0n) is 35.3. The number of aliphatic hydroxyl groups is 5. The Labute approximate surface area is 401 Å². The van der Waals surface area contributed by atoms with Crippen molar-refractivity contribution in [1.82, 2.24) is 58.6 Å². The molecule has 5 unspecified atom stereocenters. The molecule has 9 rings (SSSR count). The van der Waals surface area contributed by atoms with Gasteiger partial charge in [0.25, 0.3) is 0 Å². The van der Waals surface area contributed by atoms with Gasteiger partial charge in [-0.05, 0) is 23.6 Å². The second-order valence-electron chi connectivity index (χ2n) is 15.4. The van der Waals surface area contributed by atoms with Crippen molar-refractivity contribution in [3.05, 3.63) is 38.0 Å². The van der Waals surface area contributed by atoms with Crippen LogP contribution >= 0.6 is 21.3 Å². The van der Waals surface area contributed by atoms with E-state index in [9.17, 15) is 39.7 Å². The normalized spacial score (nSPS) is 30.9. The molecule has 0 aromatic carbocycles. The van der Waals surface area contributed by atoms with E-state index in [1.54, 1.807) is 0 Å². The Morgan fingerprint density at radius 3 is 1.33 bits per heavy atom. The number of hydrogen-bond acceptors (Lipinski definition) is 29. The quantitative estimate of drug-likeness (QED) is 0.0355. The highest BCUT2D eigenvalue weighted by Crippen LogP contribution is 2.53. The smallest absolute Gasteiger partial charge is 0.394 e. The van der Waals surface area contributed by atoms with Gasteiger partial charge in [0.1, 0.15) is 90.5 Å². The number of phosphoric ester groups is 1. The van der Waals surface area contributed by atoms with Crippen molar-refractivity contribution in [3.63, 3.8) is 0 Å². The summed E-state index contributed by atoms with van der Waals surface area (Å²) in [5, 5.41) is 54.1. The third-order valence-corrected chi connectivity index (χ3v) is 15.1. The molecule has 6 aromatic rings. The van der Waals surface area contributed by atoms with Gasteiger partial charge in [-0.1, -0.05) is 0 Å². The van der Waals surface area contributed by atoms with Gasteiger partial charge in [0, 0.05) is 0 Å². The van der Waals surface area contributed by atoms with Gasteiger partial charge < -0.3 is 80.7 Å². The number of nitrogens with zero attached hydrogens (tertiary/aromatic N) is 12. The fourth-order valence-electron chi connectivity index (χ4n) is 7.72. The number of aliphatic hydroxyl groups excluding tert-OH is 5. The maximum atomic E-state index is 12.4. The molecule has 0 bridgehead atoms. The lowest BCUT2D eigenvalue weighted by Crippen LogP contribution is -2.37. The molecule has 14 N–H and O–H groups in total. The maximum Gasteiger partial charge on any atom is 0.472 e. The summed E-state index contributed by atoms with van der Waals surface area (Å²) < 4.78 is 66.9. The average Bonchev–Trinajstić information content (AvgIpc) is 4.18. The molecular formula is C32H42N15O18P3S2. The van der Waals surface area contributed by atoms with Crippen LogP contribution in [0.15, 0.2) is 38.0 Å². The maximum absolute atomic E-state index is 12.4. The Morgan fingerprint density at radius 2 is 0.914 bits per heavy atom. The Kier molecular flexibility index (Phi) is 14.6. The molecule has 9 heterocycles. The SMILES string of the molecule is Nc1ncnc2c1ncn2[C@@H]1OC(COP(O)(=S)O[C@H]2[C@H](O)C(COP(O)(=S)O[C@H]3[C@H](O)[C@@H](COP(=O)(O)OCCO)O[C@H]3n3cnc4c(N)ncnc43)O[C@H]2n2cnc3c(N)ncnc32)[C@@H](O)[C@@H]1O. The molecule has 6 aromatic heterocycles. The summed E-state index contributed by atoms with van der Waals surface area (Å²) in [5.74, 6) is 0.0240. The lowest BCUT2D eigenvalue weighted by molar-refractivity contribution is -0.0591. The Balaban J connectivity index is 0.914. The first kappa shape index (κ1) is 50.8. The number of hydrogen-bond donors (Lipinski definition) is 11. The fraction of sp³-hybridized carbons (Fsp3) is 0.531. The van der Waals surface area contributed by atoms with Crippen LogP contribution in [0.2, 0.25) is 0 Å². The lowest BCUT2D eigenvalue weighted by Gasteiger charge is -2.27. The van der Waals surface area contributed by atoms with Crippen LogP contribution in [0.3, 0.4) is 0 Å². The number of nitrogen functional groups attached to an aromatic ring is 3. The van der Waals surface area contributed by atoms with Crippen LogP contribution in [0.25, 0.3) is 33.5 Å². The number of imidazole rings is 3. The van der Waals surface area contributed by atoms with E-state index in [-0.39, 0.29) is 50.9 Å². The van der Waals surface area contributed by atoms with Crippen LogP contribution < -0.4 is 17.2 Å². The van der Waals surface area contributed by atoms with Crippen LogP contribution in [0.5, 0.6) is 0 Å². The van der Waals surface area contributed by atoms with Gasteiger partial charge in [0.2, 0.25) is 0 Å². The number of rotatable bonds is 19. The summed E-state index contributed by atoms with van der Waals surface area (Å²) in [6.45, 7) is -12.4. The van der Waals surface area contributed by atoms with E-state index in [0.29, 0.717) is 0 Å². The van der Waals surface area contributed by atoms with Crippen LogP contribution in [-0.4, -0.2) is 187 Å². The topological polar surface area (TPSA) is 471 Å². The van der Waals surface area contributed by atoms with E-state index >= 15 is 0 Å². The molecule has 38 heteroatoms. The Hall–Kier alpha value is -4.10. The van der Waals surface area contributed by atoms with Crippen LogP contribution in [0.4, 0.5) is 17.5 Å². The second-order valence-corrected chi connectivity index (χ2v) is 22.4. The lowest BCUT2D eigenvalue weighted by atomic mass is 10.1. The summed E-state index contributed by atoms with van der Waals surface area (Å²) in [6.07, 6.45) is -11.3. The first-order valence-electron chi connectivity index (χ1n) is 20.3. The van der Waals surface area contributed by atoms with Gasteiger partial charge in [0.15, 0.2) is 53.1 Å². The molecule has 0 saturated carbocycles. The zero-order chi connectivity index (χ0) is 49.9. The van der Waals surface area contributed by atoms with Crippen LogP contribution in [-0.2, 0) is 69.5 Å². The standard InChI is InChI=1S/C32H42N15O18P3S2/c33-24-15-27(39-6-36-24)45(9-42-15)30-21(52)18(49)12(61-30)4-59-67(55,69)65-23-20(51)14(63-32(23)47-11-44-17-26(35)38-8-41-29(17)47)5-60-68(56,70)64-22-19(50)13(3-58-66(53,54)57-2-1-48)62-31(22)46-10-43-16-25(34)37-7-40-28(16)46/h6-14,18-23,30-32,48-52H,1-5H2,(H,53,54)(H,55,69)(H,56,70)(H2,33,36,39)(H2,34,37,40)(H2,35,38,41)/t12?,13-,14?,18-,19-,20-,21+,22+,23+,30-,31-,32-,67?,68?/m1/s1. The molecule has 3 aliphatic heterocycles. The van der Waals surface area contributed by atoms with Gasteiger partial charge in [-0.3, -0.25) is 31.8 Å². The highest BCUT2D eigenvalue weighted by molar-refractivity contribution is 8.07. The van der Waals surface area contributed by atoms with Crippen LogP contribution in [0.1, 0.15) is 18.7 Å². The number of phosphoric acid groups is 1.